The van der Waals surface area contributed by atoms with Gasteiger partial charge in [0.1, 0.15) is 11.7 Å². The molecular weight excluding hydrogens is 277 g/mol. The molecule has 2 rings (SSSR count). The smallest absolute Gasteiger partial charge is 0.435 e. The second-order valence-electron chi connectivity index (χ2n) is 5.62. The van der Waals surface area contributed by atoms with Gasteiger partial charge in [0, 0.05) is 12.3 Å². The Bertz CT molecular complexity index is 505. The molecule has 0 spiro atoms. The summed E-state index contributed by atoms with van der Waals surface area (Å²) in [4.78, 5) is 11.6. The van der Waals surface area contributed by atoms with Crippen molar-refractivity contribution in [2.75, 3.05) is 0 Å². The predicted octanol–water partition coefficient (Wildman–Crippen LogP) is 3.00. The van der Waals surface area contributed by atoms with Crippen LogP contribution in [0, 0.1) is 5.92 Å². The summed E-state index contributed by atoms with van der Waals surface area (Å²) < 4.78 is 48.0. The number of rotatable bonds is 2. The molecule has 0 N–H and O–H groups in total. The molecule has 112 valence electrons. The number of hydrogen-bond acceptors (Lipinski definition) is 4. The lowest BCUT2D eigenvalue weighted by Gasteiger charge is -2.18. The summed E-state index contributed by atoms with van der Waals surface area (Å²) in [6.45, 7) is 5.10. The normalized spacial score (nSPS) is 22.5. The van der Waals surface area contributed by atoms with Gasteiger partial charge in [-0.05, 0) is 27.2 Å². The van der Waals surface area contributed by atoms with Gasteiger partial charge in [-0.2, -0.15) is 17.9 Å². The molecular formula is C12H15F3N2O3. The van der Waals surface area contributed by atoms with Crippen LogP contribution in [-0.4, -0.2) is 33.8 Å². The Kier molecular flexibility index (Phi) is 3.43. The number of nitrogens with zero attached hydrogens (tertiary/aromatic N) is 2. The monoisotopic (exact) mass is 292 g/mol. The minimum Gasteiger partial charge on any atom is -0.473 e. The van der Waals surface area contributed by atoms with Gasteiger partial charge < -0.3 is 9.47 Å². The zero-order valence-electron chi connectivity index (χ0n) is 11.3. The van der Waals surface area contributed by atoms with Crippen LogP contribution < -0.4 is 4.74 Å². The molecule has 0 aliphatic heterocycles. The molecule has 0 bridgehead atoms. The molecule has 1 aromatic heterocycles. The van der Waals surface area contributed by atoms with Crippen LogP contribution in [0.3, 0.4) is 0 Å². The summed E-state index contributed by atoms with van der Waals surface area (Å²) in [6.07, 6.45) is -4.68. The maximum Gasteiger partial charge on any atom is 0.435 e. The Morgan fingerprint density at radius 2 is 2.05 bits per heavy atom. The number of aromatic nitrogens is 2. The molecule has 0 amide bonds. The minimum absolute atomic E-state index is 0.0207. The third kappa shape index (κ3) is 3.64. The van der Waals surface area contributed by atoms with Crippen molar-refractivity contribution in [2.24, 2.45) is 5.92 Å². The first-order valence-electron chi connectivity index (χ1n) is 6.09. The molecule has 1 fully saturated rings. The zero-order valence-corrected chi connectivity index (χ0v) is 11.3. The lowest BCUT2D eigenvalue weighted by Crippen LogP contribution is -2.27. The maximum atomic E-state index is 12.3. The highest BCUT2D eigenvalue weighted by Crippen LogP contribution is 2.46. The van der Waals surface area contributed by atoms with E-state index >= 15 is 0 Å². The molecule has 1 saturated carbocycles. The number of halogens is 3. The van der Waals surface area contributed by atoms with Crippen LogP contribution in [0.2, 0.25) is 0 Å². The molecule has 1 heterocycles. The number of ether oxygens (including phenoxy) is 2. The van der Waals surface area contributed by atoms with E-state index in [1.807, 2.05) is 0 Å². The molecule has 2 atom stereocenters. The molecule has 5 nitrogen and oxygen atoms in total. The Hall–Kier alpha value is -1.73. The largest absolute Gasteiger partial charge is 0.473 e. The van der Waals surface area contributed by atoms with Crippen molar-refractivity contribution in [1.29, 1.82) is 0 Å². The highest BCUT2D eigenvalue weighted by atomic mass is 19.4. The van der Waals surface area contributed by atoms with Crippen LogP contribution >= 0.6 is 0 Å². The van der Waals surface area contributed by atoms with E-state index in [4.69, 9.17) is 9.47 Å². The lowest BCUT2D eigenvalue weighted by molar-refractivity contribution is -0.153. The van der Waals surface area contributed by atoms with Gasteiger partial charge in [0.2, 0.25) is 5.88 Å². The molecule has 1 unspecified atom stereocenters. The summed E-state index contributed by atoms with van der Waals surface area (Å²) in [5.41, 5.74) is -0.679. The number of hydrogen-bond donors (Lipinski definition) is 0. The van der Waals surface area contributed by atoms with E-state index in [-0.39, 0.29) is 12.3 Å². The van der Waals surface area contributed by atoms with Crippen LogP contribution in [0.1, 0.15) is 27.2 Å². The number of carbonyl (C=O) groups excluding carboxylic acids is 1. The van der Waals surface area contributed by atoms with E-state index < -0.39 is 29.9 Å². The Labute approximate surface area is 113 Å². The van der Waals surface area contributed by atoms with Gasteiger partial charge in [-0.3, -0.25) is 0 Å². The molecule has 1 aromatic rings. The lowest BCUT2D eigenvalue weighted by atomic mass is 10.2. The van der Waals surface area contributed by atoms with Gasteiger partial charge in [0.25, 0.3) is 0 Å². The van der Waals surface area contributed by atoms with Crippen LogP contribution in [0.25, 0.3) is 0 Å². The summed E-state index contributed by atoms with van der Waals surface area (Å²) in [7, 11) is 0. The third-order valence-electron chi connectivity index (χ3n) is 2.57. The Balaban J connectivity index is 1.92. The minimum atomic E-state index is -4.25. The first-order valence-corrected chi connectivity index (χ1v) is 6.09. The quantitative estimate of drug-likeness (QED) is 0.841. The number of alkyl halides is 3. The van der Waals surface area contributed by atoms with Crippen molar-refractivity contribution in [1.82, 2.24) is 9.78 Å². The van der Waals surface area contributed by atoms with Gasteiger partial charge in [-0.1, -0.05) is 0 Å². The highest BCUT2D eigenvalue weighted by molar-refractivity contribution is 5.69. The summed E-state index contributed by atoms with van der Waals surface area (Å²) >= 11 is 0. The van der Waals surface area contributed by atoms with E-state index in [1.165, 1.54) is 12.3 Å². The second kappa shape index (κ2) is 4.68. The Morgan fingerprint density at radius 1 is 1.40 bits per heavy atom. The molecule has 20 heavy (non-hydrogen) atoms. The SMILES string of the molecule is CC(C)(C)OC(=O)n1ccc(OC2C[C@@H]2C(F)(F)F)n1. The molecule has 0 saturated heterocycles. The molecule has 0 radical (unpaired) electrons. The third-order valence-corrected chi connectivity index (χ3v) is 2.57. The fraction of sp³-hybridized carbons (Fsp3) is 0.667. The standard InChI is InChI=1S/C12H15F3N2O3/c1-11(2,3)20-10(18)17-5-4-9(16-17)19-8-6-7(8)12(13,14)15/h4-5,7-8H,6H2,1-3H3/t7-,8?/m0/s1. The summed E-state index contributed by atoms with van der Waals surface area (Å²) in [5.74, 6) is -1.47. The summed E-state index contributed by atoms with van der Waals surface area (Å²) in [5, 5.41) is 3.74. The second-order valence-corrected chi connectivity index (χ2v) is 5.62. The zero-order chi connectivity index (χ0) is 15.1. The highest BCUT2D eigenvalue weighted by Gasteiger charge is 2.57. The van der Waals surface area contributed by atoms with Crippen LogP contribution in [0.15, 0.2) is 12.3 Å². The van der Waals surface area contributed by atoms with Crippen molar-refractivity contribution in [3.63, 3.8) is 0 Å². The van der Waals surface area contributed by atoms with E-state index in [9.17, 15) is 18.0 Å². The van der Waals surface area contributed by atoms with Gasteiger partial charge >= 0.3 is 12.3 Å². The van der Waals surface area contributed by atoms with Gasteiger partial charge in [-0.15, -0.1) is 5.10 Å². The first-order chi connectivity index (χ1) is 9.06. The van der Waals surface area contributed by atoms with E-state index in [0.717, 1.165) is 4.68 Å². The van der Waals surface area contributed by atoms with Gasteiger partial charge in [0.15, 0.2) is 0 Å². The van der Waals surface area contributed by atoms with Gasteiger partial charge in [-0.25, -0.2) is 4.79 Å². The predicted molar refractivity (Wildman–Crippen MR) is 62.4 cm³/mol. The molecule has 1 aliphatic rings. The fourth-order valence-electron chi connectivity index (χ4n) is 1.58. The van der Waals surface area contributed by atoms with Crippen LogP contribution in [0.5, 0.6) is 5.88 Å². The number of carbonyl (C=O) groups is 1. The van der Waals surface area contributed by atoms with Crippen molar-refractivity contribution in [3.05, 3.63) is 12.3 Å². The topological polar surface area (TPSA) is 53.4 Å². The molecule has 0 aromatic carbocycles. The average Bonchev–Trinajstić information content (AvgIpc) is 2.84. The molecule has 1 aliphatic carbocycles. The fourth-order valence-corrected chi connectivity index (χ4v) is 1.58. The first kappa shape index (κ1) is 14.7. The van der Waals surface area contributed by atoms with Crippen LogP contribution in [-0.2, 0) is 4.74 Å². The van der Waals surface area contributed by atoms with Crippen molar-refractivity contribution in [2.45, 2.75) is 45.1 Å². The average molecular weight is 292 g/mol. The van der Waals surface area contributed by atoms with E-state index in [2.05, 4.69) is 5.10 Å². The Morgan fingerprint density at radius 3 is 2.55 bits per heavy atom. The molecule has 8 heteroatoms. The van der Waals surface area contributed by atoms with Gasteiger partial charge in [0.05, 0.1) is 5.92 Å². The van der Waals surface area contributed by atoms with Crippen molar-refractivity contribution >= 4 is 6.09 Å². The van der Waals surface area contributed by atoms with Crippen LogP contribution in [0.4, 0.5) is 18.0 Å². The van der Waals surface area contributed by atoms with Crippen molar-refractivity contribution in [3.8, 4) is 5.88 Å². The van der Waals surface area contributed by atoms with E-state index in [0.29, 0.717) is 0 Å². The summed E-state index contributed by atoms with van der Waals surface area (Å²) in [6, 6.07) is 1.33. The van der Waals surface area contributed by atoms with Crippen molar-refractivity contribution < 1.29 is 27.4 Å². The van der Waals surface area contributed by atoms with E-state index in [1.54, 1.807) is 20.8 Å². The maximum absolute atomic E-state index is 12.3.